The van der Waals surface area contributed by atoms with Gasteiger partial charge >= 0.3 is 0 Å². The molecule has 0 saturated carbocycles. The third-order valence-corrected chi connectivity index (χ3v) is 4.84. The lowest BCUT2D eigenvalue weighted by Gasteiger charge is -2.10. The van der Waals surface area contributed by atoms with Gasteiger partial charge in [-0.2, -0.15) is 0 Å². The highest BCUT2D eigenvalue weighted by atomic mass is 32.2. The summed E-state index contributed by atoms with van der Waals surface area (Å²) in [6, 6.07) is 9.23. The molecule has 0 aliphatic carbocycles. The summed E-state index contributed by atoms with van der Waals surface area (Å²) in [6.07, 6.45) is 0. The van der Waals surface area contributed by atoms with Crippen LogP contribution in [0.15, 0.2) is 40.0 Å². The SMILES string of the molecule is COc1ccc(-c2nnc(SC(C)C(=O)Nc3cc(C)no3)n2C)cc1. The molecule has 3 rings (SSSR count). The van der Waals surface area contributed by atoms with Gasteiger partial charge in [-0.3, -0.25) is 10.1 Å². The maximum atomic E-state index is 12.3. The second kappa shape index (κ2) is 7.61. The van der Waals surface area contributed by atoms with Crippen molar-refractivity contribution >= 4 is 23.6 Å². The van der Waals surface area contributed by atoms with Gasteiger partial charge in [-0.05, 0) is 38.1 Å². The highest BCUT2D eigenvalue weighted by molar-refractivity contribution is 8.00. The lowest BCUT2D eigenvalue weighted by molar-refractivity contribution is -0.115. The number of nitrogens with zero attached hydrogens (tertiary/aromatic N) is 4. The Bertz CT molecular complexity index is 904. The zero-order chi connectivity index (χ0) is 18.7. The van der Waals surface area contributed by atoms with Gasteiger partial charge in [0.15, 0.2) is 11.0 Å². The molecule has 9 heteroatoms. The number of nitrogens with one attached hydrogen (secondary N) is 1. The van der Waals surface area contributed by atoms with Crippen molar-refractivity contribution in [1.82, 2.24) is 19.9 Å². The Kier molecular flexibility index (Phi) is 5.27. The molecule has 0 spiro atoms. The average molecular weight is 373 g/mol. The smallest absolute Gasteiger partial charge is 0.240 e. The van der Waals surface area contributed by atoms with Gasteiger partial charge in [-0.25, -0.2) is 0 Å². The van der Waals surface area contributed by atoms with E-state index in [-0.39, 0.29) is 11.2 Å². The first-order chi connectivity index (χ1) is 12.5. The molecule has 1 amide bonds. The summed E-state index contributed by atoms with van der Waals surface area (Å²) in [5.41, 5.74) is 1.62. The molecule has 8 nitrogen and oxygen atoms in total. The number of ether oxygens (including phenoxy) is 1. The molecule has 0 aliphatic rings. The molecule has 0 aliphatic heterocycles. The lowest BCUT2D eigenvalue weighted by Crippen LogP contribution is -2.22. The van der Waals surface area contributed by atoms with Crippen LogP contribution in [0.1, 0.15) is 12.6 Å². The van der Waals surface area contributed by atoms with E-state index in [2.05, 4.69) is 20.7 Å². The van der Waals surface area contributed by atoms with Crippen LogP contribution >= 0.6 is 11.8 Å². The van der Waals surface area contributed by atoms with Crippen LogP contribution in [0.25, 0.3) is 11.4 Å². The Balaban J connectivity index is 1.69. The largest absolute Gasteiger partial charge is 0.497 e. The number of carbonyl (C=O) groups is 1. The van der Waals surface area contributed by atoms with Gasteiger partial charge in [-0.1, -0.05) is 16.9 Å². The first-order valence-electron chi connectivity index (χ1n) is 7.92. The summed E-state index contributed by atoms with van der Waals surface area (Å²) in [7, 11) is 3.49. The average Bonchev–Trinajstić information content (AvgIpc) is 3.21. The number of anilines is 1. The fraction of sp³-hybridized carbons (Fsp3) is 0.294. The summed E-state index contributed by atoms with van der Waals surface area (Å²) in [5, 5.41) is 15.1. The number of rotatable bonds is 6. The van der Waals surface area contributed by atoms with E-state index >= 15 is 0 Å². The van der Waals surface area contributed by atoms with Gasteiger partial charge in [0, 0.05) is 18.7 Å². The van der Waals surface area contributed by atoms with Crippen molar-refractivity contribution in [3.8, 4) is 17.1 Å². The van der Waals surface area contributed by atoms with Crippen LogP contribution in [0, 0.1) is 6.92 Å². The molecule has 2 aromatic heterocycles. The maximum absolute atomic E-state index is 12.3. The fourth-order valence-corrected chi connectivity index (χ4v) is 3.08. The number of carbonyl (C=O) groups excluding carboxylic acids is 1. The Labute approximate surface area is 154 Å². The molecule has 1 atom stereocenters. The normalized spacial score (nSPS) is 12.0. The molecule has 0 radical (unpaired) electrons. The van der Waals surface area contributed by atoms with Crippen molar-refractivity contribution in [2.45, 2.75) is 24.3 Å². The van der Waals surface area contributed by atoms with Gasteiger partial charge in [0.05, 0.1) is 18.1 Å². The van der Waals surface area contributed by atoms with Gasteiger partial charge in [-0.15, -0.1) is 10.2 Å². The molecular weight excluding hydrogens is 354 g/mol. The fourth-order valence-electron chi connectivity index (χ4n) is 2.27. The molecule has 2 heterocycles. The monoisotopic (exact) mass is 373 g/mol. The molecule has 0 saturated heterocycles. The number of methoxy groups -OCH3 is 1. The van der Waals surface area contributed by atoms with Crippen LogP contribution in [0.2, 0.25) is 0 Å². The summed E-state index contributed by atoms with van der Waals surface area (Å²) in [4.78, 5) is 12.3. The van der Waals surface area contributed by atoms with Gasteiger partial charge < -0.3 is 13.8 Å². The van der Waals surface area contributed by atoms with Crippen molar-refractivity contribution in [3.05, 3.63) is 36.0 Å². The zero-order valence-corrected chi connectivity index (χ0v) is 15.7. The molecule has 1 unspecified atom stereocenters. The summed E-state index contributed by atoms with van der Waals surface area (Å²) >= 11 is 1.32. The highest BCUT2D eigenvalue weighted by Gasteiger charge is 2.20. The molecule has 0 bridgehead atoms. The minimum Gasteiger partial charge on any atom is -0.497 e. The summed E-state index contributed by atoms with van der Waals surface area (Å²) < 4.78 is 12.0. The molecular formula is C17H19N5O3S. The minimum absolute atomic E-state index is 0.194. The predicted octanol–water partition coefficient (Wildman–Crippen LogP) is 2.91. The van der Waals surface area contributed by atoms with Crippen molar-refractivity contribution in [2.24, 2.45) is 7.05 Å². The Morgan fingerprint density at radius 2 is 2.04 bits per heavy atom. The van der Waals surface area contributed by atoms with E-state index in [1.54, 1.807) is 27.0 Å². The van der Waals surface area contributed by atoms with Gasteiger partial charge in [0.25, 0.3) is 0 Å². The van der Waals surface area contributed by atoms with Crippen molar-refractivity contribution in [2.75, 3.05) is 12.4 Å². The van der Waals surface area contributed by atoms with Crippen LogP contribution in [-0.2, 0) is 11.8 Å². The van der Waals surface area contributed by atoms with Crippen molar-refractivity contribution in [3.63, 3.8) is 0 Å². The molecule has 136 valence electrons. The molecule has 1 aromatic carbocycles. The van der Waals surface area contributed by atoms with Gasteiger partial charge in [0.2, 0.25) is 11.8 Å². The lowest BCUT2D eigenvalue weighted by atomic mass is 10.2. The van der Waals surface area contributed by atoms with E-state index in [1.807, 2.05) is 35.9 Å². The van der Waals surface area contributed by atoms with Crippen LogP contribution in [0.4, 0.5) is 5.88 Å². The number of aryl methyl sites for hydroxylation is 1. The first-order valence-corrected chi connectivity index (χ1v) is 8.80. The number of hydrogen-bond acceptors (Lipinski definition) is 7. The van der Waals surface area contributed by atoms with Crippen LogP contribution in [-0.4, -0.2) is 38.2 Å². The van der Waals surface area contributed by atoms with E-state index in [4.69, 9.17) is 9.26 Å². The molecule has 0 fully saturated rings. The van der Waals surface area contributed by atoms with Gasteiger partial charge in [0.1, 0.15) is 5.75 Å². The third-order valence-electron chi connectivity index (χ3n) is 3.71. The number of benzene rings is 1. The van der Waals surface area contributed by atoms with E-state index < -0.39 is 0 Å². The Morgan fingerprint density at radius 3 is 2.65 bits per heavy atom. The van der Waals surface area contributed by atoms with Crippen LogP contribution in [0.5, 0.6) is 5.75 Å². The van der Waals surface area contributed by atoms with Crippen molar-refractivity contribution < 1.29 is 14.1 Å². The third kappa shape index (κ3) is 3.88. The Hall–Kier alpha value is -2.81. The predicted molar refractivity (Wildman–Crippen MR) is 98.2 cm³/mol. The molecule has 1 N–H and O–H groups in total. The number of aromatic nitrogens is 4. The molecule has 3 aromatic rings. The quantitative estimate of drug-likeness (QED) is 0.664. The van der Waals surface area contributed by atoms with Crippen LogP contribution in [0.3, 0.4) is 0 Å². The summed E-state index contributed by atoms with van der Waals surface area (Å²) in [6.45, 7) is 3.59. The standard InChI is InChI=1S/C17H19N5O3S/c1-10-9-14(25-21-10)18-16(23)11(2)26-17-20-19-15(22(17)3)12-5-7-13(24-4)8-6-12/h5-9,11H,1-4H3,(H,18,23). The second-order valence-corrected chi connectivity index (χ2v) is 6.98. The number of thioether (sulfide) groups is 1. The molecule has 26 heavy (non-hydrogen) atoms. The number of hydrogen-bond donors (Lipinski definition) is 1. The number of amides is 1. The topological polar surface area (TPSA) is 95.1 Å². The maximum Gasteiger partial charge on any atom is 0.240 e. The van der Waals surface area contributed by atoms with E-state index in [0.29, 0.717) is 22.6 Å². The zero-order valence-electron chi connectivity index (χ0n) is 14.9. The van der Waals surface area contributed by atoms with Crippen molar-refractivity contribution in [1.29, 1.82) is 0 Å². The highest BCUT2D eigenvalue weighted by Crippen LogP contribution is 2.27. The van der Waals surface area contributed by atoms with E-state index in [0.717, 1.165) is 11.3 Å². The summed E-state index contributed by atoms with van der Waals surface area (Å²) in [5.74, 6) is 1.63. The first kappa shape index (κ1) is 18.0. The minimum atomic E-state index is -0.382. The Morgan fingerprint density at radius 1 is 1.31 bits per heavy atom. The van der Waals surface area contributed by atoms with Crippen LogP contribution < -0.4 is 10.1 Å². The van der Waals surface area contributed by atoms with E-state index in [1.165, 1.54) is 11.8 Å². The van der Waals surface area contributed by atoms with E-state index in [9.17, 15) is 4.79 Å². The second-order valence-electron chi connectivity index (χ2n) is 5.68.